The second-order valence-electron chi connectivity index (χ2n) is 5.37. The predicted octanol–water partition coefficient (Wildman–Crippen LogP) is 2.69. The summed E-state index contributed by atoms with van der Waals surface area (Å²) in [5, 5.41) is 3.05. The van der Waals surface area contributed by atoms with Crippen LogP contribution in [0.3, 0.4) is 0 Å². The highest BCUT2D eigenvalue weighted by molar-refractivity contribution is 5.76. The molecular formula is C14H30N2O. The van der Waals surface area contributed by atoms with Gasteiger partial charge in [-0.3, -0.25) is 4.79 Å². The van der Waals surface area contributed by atoms with Gasteiger partial charge in [0.25, 0.3) is 0 Å². The molecule has 102 valence electrons. The van der Waals surface area contributed by atoms with E-state index in [2.05, 4.69) is 33.0 Å². The number of hydrogen-bond acceptors (Lipinski definition) is 2. The zero-order valence-electron chi connectivity index (χ0n) is 12.0. The molecule has 0 rings (SSSR count). The second-order valence-corrected chi connectivity index (χ2v) is 5.37. The van der Waals surface area contributed by atoms with E-state index in [1.54, 1.807) is 0 Å². The highest BCUT2D eigenvalue weighted by Gasteiger charge is 2.13. The molecule has 0 aromatic heterocycles. The Balaban J connectivity index is 3.87. The molecule has 0 aliphatic rings. The fraction of sp³-hybridized carbons (Fsp3) is 0.929. The summed E-state index contributed by atoms with van der Waals surface area (Å²) in [6.07, 6.45) is 5.02. The molecule has 0 spiro atoms. The lowest BCUT2D eigenvalue weighted by atomic mass is 9.94. The Morgan fingerprint density at radius 1 is 1.18 bits per heavy atom. The number of nitrogens with one attached hydrogen (secondary N) is 1. The molecule has 0 aliphatic heterocycles. The largest absolute Gasteiger partial charge is 0.353 e. The normalized spacial score (nSPS) is 14.7. The van der Waals surface area contributed by atoms with Crippen molar-refractivity contribution in [2.45, 2.75) is 65.8 Å². The van der Waals surface area contributed by atoms with Crippen molar-refractivity contribution in [1.82, 2.24) is 5.32 Å². The zero-order chi connectivity index (χ0) is 13.3. The van der Waals surface area contributed by atoms with Crippen molar-refractivity contribution in [2.75, 3.05) is 6.54 Å². The maximum atomic E-state index is 11.7. The van der Waals surface area contributed by atoms with E-state index in [9.17, 15) is 4.79 Å². The van der Waals surface area contributed by atoms with Crippen LogP contribution < -0.4 is 11.1 Å². The molecule has 0 aromatic carbocycles. The molecule has 0 fully saturated rings. The van der Waals surface area contributed by atoms with Gasteiger partial charge in [0.05, 0.1) is 0 Å². The first-order chi connectivity index (χ1) is 8.01. The van der Waals surface area contributed by atoms with Crippen molar-refractivity contribution in [3.8, 4) is 0 Å². The first-order valence-corrected chi connectivity index (χ1v) is 7.00. The summed E-state index contributed by atoms with van der Waals surface area (Å²) >= 11 is 0. The molecule has 0 aromatic rings. The van der Waals surface area contributed by atoms with E-state index in [1.165, 1.54) is 12.8 Å². The molecule has 0 aliphatic carbocycles. The lowest BCUT2D eigenvalue weighted by Gasteiger charge is -2.19. The quantitative estimate of drug-likeness (QED) is 0.653. The van der Waals surface area contributed by atoms with Crippen molar-refractivity contribution in [2.24, 2.45) is 17.6 Å². The summed E-state index contributed by atoms with van der Waals surface area (Å²) in [5.41, 5.74) is 5.59. The van der Waals surface area contributed by atoms with Gasteiger partial charge in [-0.05, 0) is 38.1 Å². The molecule has 3 nitrogen and oxygen atoms in total. The van der Waals surface area contributed by atoms with Crippen LogP contribution in [0, 0.1) is 11.8 Å². The van der Waals surface area contributed by atoms with E-state index in [1.807, 2.05) is 0 Å². The molecular weight excluding hydrogens is 212 g/mol. The summed E-state index contributed by atoms with van der Waals surface area (Å²) < 4.78 is 0. The zero-order valence-corrected chi connectivity index (χ0v) is 12.0. The summed E-state index contributed by atoms with van der Waals surface area (Å²) in [5.74, 6) is 1.30. The van der Waals surface area contributed by atoms with Crippen molar-refractivity contribution >= 4 is 5.91 Å². The van der Waals surface area contributed by atoms with Crippen molar-refractivity contribution in [3.05, 3.63) is 0 Å². The molecule has 3 heteroatoms. The van der Waals surface area contributed by atoms with Crippen molar-refractivity contribution < 1.29 is 4.79 Å². The van der Waals surface area contributed by atoms with Gasteiger partial charge in [0, 0.05) is 12.5 Å². The molecule has 2 unspecified atom stereocenters. The number of carbonyl (C=O) groups excluding carboxylic acids is 1. The Morgan fingerprint density at radius 3 is 2.29 bits per heavy atom. The van der Waals surface area contributed by atoms with Crippen LogP contribution in [0.5, 0.6) is 0 Å². The van der Waals surface area contributed by atoms with E-state index in [4.69, 9.17) is 5.73 Å². The topological polar surface area (TPSA) is 55.1 Å². The third-order valence-corrected chi connectivity index (χ3v) is 3.44. The van der Waals surface area contributed by atoms with Gasteiger partial charge in [0.15, 0.2) is 0 Å². The molecule has 2 atom stereocenters. The monoisotopic (exact) mass is 242 g/mol. The van der Waals surface area contributed by atoms with Gasteiger partial charge in [0.1, 0.15) is 0 Å². The minimum atomic E-state index is 0.185. The van der Waals surface area contributed by atoms with Crippen molar-refractivity contribution in [1.29, 1.82) is 0 Å². The molecule has 0 saturated carbocycles. The minimum absolute atomic E-state index is 0.185. The van der Waals surface area contributed by atoms with Gasteiger partial charge in [0.2, 0.25) is 5.91 Å². The molecule has 17 heavy (non-hydrogen) atoms. The Morgan fingerprint density at radius 2 is 1.82 bits per heavy atom. The molecule has 1 amide bonds. The van der Waals surface area contributed by atoms with Crippen LogP contribution in [0.15, 0.2) is 0 Å². The second kappa shape index (κ2) is 9.46. The molecule has 0 saturated heterocycles. The lowest BCUT2D eigenvalue weighted by Crippen LogP contribution is -2.36. The highest BCUT2D eigenvalue weighted by atomic mass is 16.1. The van der Waals surface area contributed by atoms with Crippen LogP contribution in [-0.2, 0) is 4.79 Å². The average Bonchev–Trinajstić information content (AvgIpc) is 2.26. The Labute approximate surface area is 107 Å². The number of hydrogen-bond donors (Lipinski definition) is 2. The first kappa shape index (κ1) is 16.4. The predicted molar refractivity (Wildman–Crippen MR) is 73.7 cm³/mol. The van der Waals surface area contributed by atoms with Crippen LogP contribution >= 0.6 is 0 Å². The summed E-state index contributed by atoms with van der Waals surface area (Å²) in [7, 11) is 0. The Kier molecular flexibility index (Phi) is 9.14. The highest BCUT2D eigenvalue weighted by Crippen LogP contribution is 2.17. The summed E-state index contributed by atoms with van der Waals surface area (Å²) in [6, 6.07) is 0.265. The van der Waals surface area contributed by atoms with Crippen LogP contribution in [0.4, 0.5) is 0 Å². The molecule has 0 bridgehead atoms. The van der Waals surface area contributed by atoms with Gasteiger partial charge in [-0.2, -0.15) is 0 Å². The van der Waals surface area contributed by atoms with E-state index in [0.29, 0.717) is 18.3 Å². The maximum absolute atomic E-state index is 11.7. The summed E-state index contributed by atoms with van der Waals surface area (Å²) in [4.78, 5) is 11.7. The minimum Gasteiger partial charge on any atom is -0.353 e. The van der Waals surface area contributed by atoms with Gasteiger partial charge in [-0.25, -0.2) is 0 Å². The fourth-order valence-electron chi connectivity index (χ4n) is 1.90. The Hall–Kier alpha value is -0.570. The number of amides is 1. The van der Waals surface area contributed by atoms with Crippen LogP contribution in [-0.4, -0.2) is 18.5 Å². The van der Waals surface area contributed by atoms with Gasteiger partial charge in [-0.15, -0.1) is 0 Å². The lowest BCUT2D eigenvalue weighted by molar-refractivity contribution is -0.122. The number of nitrogens with two attached hydrogens (primary N) is 1. The third-order valence-electron chi connectivity index (χ3n) is 3.44. The van der Waals surface area contributed by atoms with Crippen LogP contribution in [0.1, 0.15) is 59.8 Å². The van der Waals surface area contributed by atoms with Crippen LogP contribution in [0.2, 0.25) is 0 Å². The molecule has 0 radical (unpaired) electrons. The van der Waals surface area contributed by atoms with Crippen LogP contribution in [0.25, 0.3) is 0 Å². The smallest absolute Gasteiger partial charge is 0.220 e. The first-order valence-electron chi connectivity index (χ1n) is 7.00. The number of carbonyl (C=O) groups is 1. The third kappa shape index (κ3) is 8.19. The average molecular weight is 242 g/mol. The maximum Gasteiger partial charge on any atom is 0.220 e. The SMILES string of the molecule is CCCC(CCN)CCC(=O)NC(C)C(C)C. The Bertz CT molecular complexity index is 198. The number of rotatable bonds is 9. The van der Waals surface area contributed by atoms with E-state index in [0.717, 1.165) is 19.4 Å². The van der Waals surface area contributed by atoms with Crippen molar-refractivity contribution in [3.63, 3.8) is 0 Å². The molecule has 0 heterocycles. The standard InChI is InChI=1S/C14H30N2O/c1-5-6-13(9-10-15)7-8-14(17)16-12(4)11(2)3/h11-13H,5-10,15H2,1-4H3,(H,16,17). The van der Waals surface area contributed by atoms with E-state index < -0.39 is 0 Å². The van der Waals surface area contributed by atoms with E-state index >= 15 is 0 Å². The van der Waals surface area contributed by atoms with E-state index in [-0.39, 0.29) is 11.9 Å². The molecule has 3 N–H and O–H groups in total. The summed E-state index contributed by atoms with van der Waals surface area (Å²) in [6.45, 7) is 9.23. The van der Waals surface area contributed by atoms with Gasteiger partial charge in [-0.1, -0.05) is 33.6 Å². The van der Waals surface area contributed by atoms with Gasteiger partial charge < -0.3 is 11.1 Å². The fourth-order valence-corrected chi connectivity index (χ4v) is 1.90. The van der Waals surface area contributed by atoms with Gasteiger partial charge >= 0.3 is 0 Å².